The van der Waals surface area contributed by atoms with Crippen LogP contribution in [0.25, 0.3) is 0 Å². The molecule has 2 aromatic rings. The van der Waals surface area contributed by atoms with Crippen molar-refractivity contribution in [2.24, 2.45) is 0 Å². The maximum Gasteiger partial charge on any atom is 0.354 e. The number of aliphatic hydroxyl groups is 1. The number of carbonyl (C=O) groups excluding carboxylic acids is 2. The molecule has 2 rings (SSSR count). The number of methoxy groups -OCH3 is 2. The van der Waals surface area contributed by atoms with Gasteiger partial charge in [-0.1, -0.05) is 48.9 Å². The predicted octanol–water partition coefficient (Wildman–Crippen LogP) is 3.63. The minimum Gasteiger partial charge on any atom is -0.466 e. The monoisotopic (exact) mass is 403 g/mol. The lowest BCUT2D eigenvalue weighted by molar-refractivity contribution is -0.138. The predicted molar refractivity (Wildman–Crippen MR) is 107 cm³/mol. The van der Waals surface area contributed by atoms with Crippen LogP contribution >= 0.6 is 11.6 Å². The van der Waals surface area contributed by atoms with Crippen molar-refractivity contribution in [3.8, 4) is 0 Å². The molecule has 0 bridgehead atoms. The third-order valence-corrected chi connectivity index (χ3v) is 4.56. The van der Waals surface area contributed by atoms with E-state index in [0.717, 1.165) is 6.08 Å². The van der Waals surface area contributed by atoms with Gasteiger partial charge in [-0.05, 0) is 30.2 Å². The third-order valence-electron chi connectivity index (χ3n) is 4.33. The summed E-state index contributed by atoms with van der Waals surface area (Å²) < 4.78 is 9.31. The van der Waals surface area contributed by atoms with Gasteiger partial charge in [0.25, 0.3) is 0 Å². The number of ether oxygens (including phenoxy) is 2. The standard InChI is InChI=1S/C21H22ClNO5/c1-4-21(26,14-8-6-5-7-9-14)16-12-15(22)10-11-17(16)23-18(20(25)28-3)13-19(24)27-2/h5-13,23,26H,4H2,1-3H3/b18-13+. The number of carbonyl (C=O) groups is 2. The minimum atomic E-state index is -1.37. The van der Waals surface area contributed by atoms with Gasteiger partial charge in [0.05, 0.1) is 20.3 Å². The van der Waals surface area contributed by atoms with E-state index in [9.17, 15) is 14.7 Å². The molecular formula is C21H22ClNO5. The Hall–Kier alpha value is -2.83. The molecule has 1 atom stereocenters. The van der Waals surface area contributed by atoms with Crippen LogP contribution in [0.5, 0.6) is 0 Å². The van der Waals surface area contributed by atoms with Gasteiger partial charge in [0.2, 0.25) is 0 Å². The van der Waals surface area contributed by atoms with E-state index in [0.29, 0.717) is 28.3 Å². The van der Waals surface area contributed by atoms with Crippen LogP contribution in [0.2, 0.25) is 5.02 Å². The van der Waals surface area contributed by atoms with E-state index >= 15 is 0 Å². The molecule has 0 spiro atoms. The Kier molecular flexibility index (Phi) is 7.20. The minimum absolute atomic E-state index is 0.135. The van der Waals surface area contributed by atoms with E-state index < -0.39 is 17.5 Å². The normalized spacial score (nSPS) is 13.4. The molecular weight excluding hydrogens is 382 g/mol. The molecule has 28 heavy (non-hydrogen) atoms. The van der Waals surface area contributed by atoms with Crippen LogP contribution < -0.4 is 5.32 Å². The number of esters is 2. The smallest absolute Gasteiger partial charge is 0.354 e. The second-order valence-electron chi connectivity index (χ2n) is 5.97. The number of rotatable bonds is 7. The van der Waals surface area contributed by atoms with Crippen molar-refractivity contribution in [3.63, 3.8) is 0 Å². The summed E-state index contributed by atoms with van der Waals surface area (Å²) in [5.41, 5.74) is 0.0106. The molecule has 0 radical (unpaired) electrons. The molecule has 6 nitrogen and oxygen atoms in total. The molecule has 0 saturated heterocycles. The van der Waals surface area contributed by atoms with Gasteiger partial charge in [0.15, 0.2) is 0 Å². The Morgan fingerprint density at radius 3 is 2.39 bits per heavy atom. The van der Waals surface area contributed by atoms with Gasteiger partial charge in [0, 0.05) is 16.3 Å². The van der Waals surface area contributed by atoms with Crippen LogP contribution in [0.15, 0.2) is 60.3 Å². The number of anilines is 1. The zero-order valence-corrected chi connectivity index (χ0v) is 16.6. The van der Waals surface area contributed by atoms with E-state index in [1.807, 2.05) is 25.1 Å². The van der Waals surface area contributed by atoms with Crippen LogP contribution in [0.4, 0.5) is 5.69 Å². The first-order valence-corrected chi connectivity index (χ1v) is 8.96. The topological polar surface area (TPSA) is 84.9 Å². The van der Waals surface area contributed by atoms with Crippen molar-refractivity contribution in [1.29, 1.82) is 0 Å². The fourth-order valence-electron chi connectivity index (χ4n) is 2.81. The first-order chi connectivity index (χ1) is 13.3. The van der Waals surface area contributed by atoms with Crippen LogP contribution in [0, 0.1) is 0 Å². The summed E-state index contributed by atoms with van der Waals surface area (Å²) in [6.07, 6.45) is 1.33. The van der Waals surface area contributed by atoms with E-state index in [1.165, 1.54) is 14.2 Å². The van der Waals surface area contributed by atoms with Gasteiger partial charge >= 0.3 is 11.9 Å². The number of hydrogen-bond acceptors (Lipinski definition) is 6. The molecule has 0 saturated carbocycles. The van der Waals surface area contributed by atoms with E-state index in [-0.39, 0.29) is 5.70 Å². The maximum absolute atomic E-state index is 12.1. The highest BCUT2D eigenvalue weighted by atomic mass is 35.5. The van der Waals surface area contributed by atoms with Gasteiger partial charge in [-0.3, -0.25) is 0 Å². The van der Waals surface area contributed by atoms with Crippen LogP contribution in [-0.4, -0.2) is 31.3 Å². The van der Waals surface area contributed by atoms with Crippen molar-refractivity contribution in [3.05, 3.63) is 76.5 Å². The van der Waals surface area contributed by atoms with Crippen LogP contribution in [0.1, 0.15) is 24.5 Å². The lowest BCUT2D eigenvalue weighted by atomic mass is 9.83. The van der Waals surface area contributed by atoms with Gasteiger partial charge in [-0.15, -0.1) is 0 Å². The van der Waals surface area contributed by atoms with Gasteiger partial charge in [-0.25, -0.2) is 9.59 Å². The third kappa shape index (κ3) is 4.71. The molecule has 0 fully saturated rings. The summed E-state index contributed by atoms with van der Waals surface area (Å²) >= 11 is 6.18. The van der Waals surface area contributed by atoms with Crippen molar-refractivity contribution in [2.75, 3.05) is 19.5 Å². The quantitative estimate of drug-likeness (QED) is 0.542. The van der Waals surface area contributed by atoms with E-state index in [1.54, 1.807) is 30.3 Å². The lowest BCUT2D eigenvalue weighted by Crippen LogP contribution is -2.28. The zero-order valence-electron chi connectivity index (χ0n) is 15.9. The summed E-state index contributed by atoms with van der Waals surface area (Å²) in [4.78, 5) is 23.7. The SMILES string of the molecule is CCC(O)(c1ccccc1)c1cc(Cl)ccc1N/C(=C/C(=O)OC)C(=O)OC. The Morgan fingerprint density at radius 2 is 1.82 bits per heavy atom. The molecule has 0 aliphatic heterocycles. The second-order valence-corrected chi connectivity index (χ2v) is 6.40. The van der Waals surface area contributed by atoms with Crippen molar-refractivity contribution < 1.29 is 24.2 Å². The average Bonchev–Trinajstić information content (AvgIpc) is 2.73. The number of nitrogens with one attached hydrogen (secondary N) is 1. The molecule has 0 heterocycles. The second kappa shape index (κ2) is 9.39. The van der Waals surface area contributed by atoms with Crippen molar-refractivity contribution in [2.45, 2.75) is 18.9 Å². The summed E-state index contributed by atoms with van der Waals surface area (Å²) in [6, 6.07) is 14.0. The maximum atomic E-state index is 12.1. The fraction of sp³-hybridized carbons (Fsp3) is 0.238. The molecule has 148 valence electrons. The zero-order chi connectivity index (χ0) is 20.7. The highest BCUT2D eigenvalue weighted by molar-refractivity contribution is 6.30. The summed E-state index contributed by atoms with van der Waals surface area (Å²) in [5.74, 6) is -1.48. The molecule has 0 aliphatic rings. The molecule has 1 unspecified atom stereocenters. The summed E-state index contributed by atoms with van der Waals surface area (Å²) in [5, 5.41) is 14.8. The fourth-order valence-corrected chi connectivity index (χ4v) is 2.98. The van der Waals surface area contributed by atoms with Gasteiger partial charge in [0.1, 0.15) is 11.3 Å². The highest BCUT2D eigenvalue weighted by Gasteiger charge is 2.32. The molecule has 7 heteroatoms. The van der Waals surface area contributed by atoms with Gasteiger partial charge in [-0.2, -0.15) is 0 Å². The Morgan fingerprint density at radius 1 is 1.14 bits per heavy atom. The van der Waals surface area contributed by atoms with E-state index in [4.69, 9.17) is 16.3 Å². The first-order valence-electron chi connectivity index (χ1n) is 8.58. The average molecular weight is 404 g/mol. The summed E-state index contributed by atoms with van der Waals surface area (Å²) in [7, 11) is 2.40. The van der Waals surface area contributed by atoms with Crippen molar-refractivity contribution >= 4 is 29.2 Å². The van der Waals surface area contributed by atoms with E-state index in [2.05, 4.69) is 10.1 Å². The lowest BCUT2D eigenvalue weighted by Gasteiger charge is -2.30. The van der Waals surface area contributed by atoms with Crippen LogP contribution in [-0.2, 0) is 24.7 Å². The number of hydrogen-bond donors (Lipinski definition) is 2. The molecule has 0 aromatic heterocycles. The number of benzene rings is 2. The summed E-state index contributed by atoms with van der Waals surface area (Å²) in [6.45, 7) is 1.84. The van der Waals surface area contributed by atoms with Gasteiger partial charge < -0.3 is 19.9 Å². The Balaban J connectivity index is 2.59. The molecule has 0 aliphatic carbocycles. The van der Waals surface area contributed by atoms with Crippen molar-refractivity contribution in [1.82, 2.24) is 0 Å². The first kappa shape index (κ1) is 21.5. The largest absolute Gasteiger partial charge is 0.466 e. The van der Waals surface area contributed by atoms with Crippen LogP contribution in [0.3, 0.4) is 0 Å². The Bertz CT molecular complexity index is 882. The number of halogens is 1. The highest BCUT2D eigenvalue weighted by Crippen LogP contribution is 2.39. The molecule has 2 N–H and O–H groups in total. The Labute approximate surface area is 168 Å². The molecule has 0 amide bonds. The molecule has 2 aromatic carbocycles.